The van der Waals surface area contributed by atoms with Crippen LogP contribution in [0, 0.1) is 0 Å². The molecule has 0 spiro atoms. The van der Waals surface area contributed by atoms with Crippen LogP contribution in [0.1, 0.15) is 0 Å². The lowest BCUT2D eigenvalue weighted by atomic mass is 10.1. The first-order valence-corrected chi connectivity index (χ1v) is 5.06. The normalized spacial score (nSPS) is 21.0. The SMILES string of the molecule is O=C1C=CC(NNC2C=CC(=O)C=C2)C=C1. The summed E-state index contributed by atoms with van der Waals surface area (Å²) in [6.07, 6.45) is 13.2. The third-order valence-corrected chi connectivity index (χ3v) is 2.29. The number of nitrogens with one attached hydrogen (secondary N) is 2. The molecule has 82 valence electrons. The van der Waals surface area contributed by atoms with Gasteiger partial charge >= 0.3 is 0 Å². The molecule has 4 heteroatoms. The molecule has 0 aromatic carbocycles. The van der Waals surface area contributed by atoms with Crippen molar-refractivity contribution in [1.82, 2.24) is 10.9 Å². The fourth-order valence-electron chi connectivity index (χ4n) is 1.42. The zero-order chi connectivity index (χ0) is 11.4. The highest BCUT2D eigenvalue weighted by atomic mass is 16.1. The Bertz CT molecular complexity index is 347. The van der Waals surface area contributed by atoms with Gasteiger partial charge in [0.2, 0.25) is 0 Å². The molecule has 0 bridgehead atoms. The fourth-order valence-corrected chi connectivity index (χ4v) is 1.42. The first-order chi connectivity index (χ1) is 7.74. The summed E-state index contributed by atoms with van der Waals surface area (Å²) in [4.78, 5) is 21.7. The van der Waals surface area contributed by atoms with E-state index in [4.69, 9.17) is 0 Å². The summed E-state index contributed by atoms with van der Waals surface area (Å²) in [6, 6.07) is -0.00532. The Kier molecular flexibility index (Phi) is 3.24. The molecule has 4 nitrogen and oxygen atoms in total. The summed E-state index contributed by atoms with van der Waals surface area (Å²) in [5.74, 6) is 0.00205. The van der Waals surface area contributed by atoms with E-state index < -0.39 is 0 Å². The maximum atomic E-state index is 10.9. The van der Waals surface area contributed by atoms with Crippen molar-refractivity contribution in [2.24, 2.45) is 0 Å². The molecule has 0 radical (unpaired) electrons. The van der Waals surface area contributed by atoms with Crippen LogP contribution >= 0.6 is 0 Å². The van der Waals surface area contributed by atoms with Gasteiger partial charge in [-0.25, -0.2) is 10.9 Å². The van der Waals surface area contributed by atoms with Crippen molar-refractivity contribution in [3.8, 4) is 0 Å². The van der Waals surface area contributed by atoms with Crippen LogP contribution in [0.5, 0.6) is 0 Å². The second-order valence-corrected chi connectivity index (χ2v) is 3.58. The van der Waals surface area contributed by atoms with Crippen molar-refractivity contribution < 1.29 is 9.59 Å². The standard InChI is InChI=1S/C12H12N2O2/c15-11-5-1-9(2-6-11)13-14-10-3-7-12(16)8-4-10/h1-10,13-14H. The Morgan fingerprint density at radius 2 is 1.00 bits per heavy atom. The Morgan fingerprint density at radius 1 is 0.688 bits per heavy atom. The number of hydrazine groups is 1. The average Bonchev–Trinajstić information content (AvgIpc) is 2.30. The maximum absolute atomic E-state index is 10.9. The topological polar surface area (TPSA) is 58.2 Å². The summed E-state index contributed by atoms with van der Waals surface area (Å²) in [6.45, 7) is 0. The number of carbonyl (C=O) groups excluding carboxylic acids is 2. The number of carbonyl (C=O) groups is 2. The van der Waals surface area contributed by atoms with E-state index in [9.17, 15) is 9.59 Å². The first-order valence-electron chi connectivity index (χ1n) is 5.06. The molecule has 2 N–H and O–H groups in total. The summed E-state index contributed by atoms with van der Waals surface area (Å²) >= 11 is 0. The van der Waals surface area contributed by atoms with Crippen molar-refractivity contribution in [2.45, 2.75) is 12.1 Å². The molecular weight excluding hydrogens is 204 g/mol. The van der Waals surface area contributed by atoms with E-state index in [1.54, 1.807) is 24.3 Å². The molecule has 0 saturated heterocycles. The number of hydrogen-bond donors (Lipinski definition) is 2. The summed E-state index contributed by atoms with van der Waals surface area (Å²) < 4.78 is 0. The van der Waals surface area contributed by atoms with E-state index in [1.807, 2.05) is 0 Å². The van der Waals surface area contributed by atoms with E-state index in [-0.39, 0.29) is 23.7 Å². The van der Waals surface area contributed by atoms with Gasteiger partial charge in [-0.2, -0.15) is 0 Å². The number of hydrogen-bond acceptors (Lipinski definition) is 4. The molecule has 0 amide bonds. The first kappa shape index (κ1) is 10.7. The van der Waals surface area contributed by atoms with E-state index >= 15 is 0 Å². The second-order valence-electron chi connectivity index (χ2n) is 3.58. The fraction of sp³-hybridized carbons (Fsp3) is 0.167. The van der Waals surface area contributed by atoms with Crippen LogP contribution in [0.15, 0.2) is 48.6 Å². The van der Waals surface area contributed by atoms with Gasteiger partial charge in [-0.1, -0.05) is 24.3 Å². The Hall–Kier alpha value is -1.78. The van der Waals surface area contributed by atoms with Crippen LogP contribution in [0.3, 0.4) is 0 Å². The molecule has 2 rings (SSSR count). The van der Waals surface area contributed by atoms with Crippen molar-refractivity contribution in [3.63, 3.8) is 0 Å². The molecule has 16 heavy (non-hydrogen) atoms. The lowest BCUT2D eigenvalue weighted by molar-refractivity contribution is -0.111. The third kappa shape index (κ3) is 2.85. The van der Waals surface area contributed by atoms with Crippen molar-refractivity contribution in [3.05, 3.63) is 48.6 Å². The van der Waals surface area contributed by atoms with Gasteiger partial charge in [0.25, 0.3) is 0 Å². The highest BCUT2D eigenvalue weighted by Gasteiger charge is 2.09. The molecule has 0 saturated carbocycles. The minimum atomic E-state index is -0.00266. The van der Waals surface area contributed by atoms with Gasteiger partial charge in [-0.15, -0.1) is 0 Å². The molecular formula is C12H12N2O2. The lowest BCUT2D eigenvalue weighted by Crippen LogP contribution is -2.44. The van der Waals surface area contributed by atoms with E-state index in [2.05, 4.69) is 10.9 Å². The molecule has 2 aliphatic carbocycles. The summed E-state index contributed by atoms with van der Waals surface area (Å²) in [5.41, 5.74) is 6.07. The molecule has 0 aliphatic heterocycles. The molecule has 0 aromatic heterocycles. The van der Waals surface area contributed by atoms with Gasteiger partial charge in [-0.3, -0.25) is 9.59 Å². The maximum Gasteiger partial charge on any atom is 0.178 e. The molecule has 0 fully saturated rings. The van der Waals surface area contributed by atoms with Gasteiger partial charge in [-0.05, 0) is 24.3 Å². The lowest BCUT2D eigenvalue weighted by Gasteiger charge is -2.18. The van der Waals surface area contributed by atoms with Gasteiger partial charge in [0.15, 0.2) is 11.6 Å². The second kappa shape index (κ2) is 4.83. The quantitative estimate of drug-likeness (QED) is 0.662. The number of rotatable bonds is 3. The van der Waals surface area contributed by atoms with Crippen molar-refractivity contribution >= 4 is 11.6 Å². The minimum Gasteiger partial charge on any atom is -0.290 e. The zero-order valence-electron chi connectivity index (χ0n) is 8.59. The summed E-state index contributed by atoms with van der Waals surface area (Å²) in [5, 5.41) is 0. The largest absolute Gasteiger partial charge is 0.290 e. The van der Waals surface area contributed by atoms with Gasteiger partial charge in [0, 0.05) is 0 Å². The highest BCUT2D eigenvalue weighted by molar-refractivity contribution is 6.00. The smallest absolute Gasteiger partial charge is 0.178 e. The van der Waals surface area contributed by atoms with E-state index in [1.165, 1.54) is 24.3 Å². The predicted octanol–water partition coefficient (Wildman–Crippen LogP) is 0.208. The van der Waals surface area contributed by atoms with Gasteiger partial charge in [0.1, 0.15) is 0 Å². The number of ketones is 2. The predicted molar refractivity (Wildman–Crippen MR) is 60.4 cm³/mol. The number of allylic oxidation sites excluding steroid dienone is 4. The van der Waals surface area contributed by atoms with Crippen LogP contribution < -0.4 is 10.9 Å². The highest BCUT2D eigenvalue weighted by Crippen LogP contribution is 2.00. The van der Waals surface area contributed by atoms with Gasteiger partial charge in [0.05, 0.1) is 12.1 Å². The molecule has 2 aliphatic rings. The molecule has 0 unspecified atom stereocenters. The molecule has 0 heterocycles. The average molecular weight is 216 g/mol. The van der Waals surface area contributed by atoms with Gasteiger partial charge < -0.3 is 0 Å². The van der Waals surface area contributed by atoms with E-state index in [0.717, 1.165) is 0 Å². The Morgan fingerprint density at radius 3 is 1.31 bits per heavy atom. The third-order valence-electron chi connectivity index (χ3n) is 2.29. The Labute approximate surface area is 93.4 Å². The van der Waals surface area contributed by atoms with Crippen molar-refractivity contribution in [1.29, 1.82) is 0 Å². The minimum absolute atomic E-state index is 0.00102. The summed E-state index contributed by atoms with van der Waals surface area (Å²) in [7, 11) is 0. The van der Waals surface area contributed by atoms with Crippen molar-refractivity contribution in [2.75, 3.05) is 0 Å². The molecule has 0 aromatic rings. The van der Waals surface area contributed by atoms with Crippen LogP contribution in [0.25, 0.3) is 0 Å². The monoisotopic (exact) mass is 216 g/mol. The molecule has 0 atom stereocenters. The zero-order valence-corrected chi connectivity index (χ0v) is 8.59. The van der Waals surface area contributed by atoms with Crippen LogP contribution in [0.4, 0.5) is 0 Å². The van der Waals surface area contributed by atoms with Crippen LogP contribution in [-0.2, 0) is 9.59 Å². The Balaban J connectivity index is 1.80. The van der Waals surface area contributed by atoms with Crippen LogP contribution in [0.2, 0.25) is 0 Å². The van der Waals surface area contributed by atoms with Crippen LogP contribution in [-0.4, -0.2) is 23.7 Å². The van der Waals surface area contributed by atoms with E-state index in [0.29, 0.717) is 0 Å².